The molecule has 19 heavy (non-hydrogen) atoms. The Balaban J connectivity index is 0. The Morgan fingerprint density at radius 2 is 1.58 bits per heavy atom. The molecule has 1 aromatic rings. The van der Waals surface area contributed by atoms with E-state index in [1.807, 2.05) is 70.2 Å². The van der Waals surface area contributed by atoms with E-state index in [1.165, 1.54) is 0 Å². The first-order valence-corrected chi connectivity index (χ1v) is 6.29. The molecule has 0 unspecified atom stereocenters. The van der Waals surface area contributed by atoms with Gasteiger partial charge in [-0.3, -0.25) is 0 Å². The number of rotatable bonds is 4. The van der Waals surface area contributed by atoms with Gasteiger partial charge in [0.15, 0.2) is 0 Å². The Bertz CT molecular complexity index is 420. The predicted molar refractivity (Wildman–Crippen MR) is 82.1 cm³/mol. The maximum absolute atomic E-state index is 10.2. The Morgan fingerprint density at radius 1 is 1.05 bits per heavy atom. The molecule has 1 rings (SSSR count). The summed E-state index contributed by atoms with van der Waals surface area (Å²) in [5.41, 5.74) is 2.63. The van der Waals surface area contributed by atoms with Gasteiger partial charge in [0, 0.05) is 0 Å². The van der Waals surface area contributed by atoms with Crippen LogP contribution in [0.25, 0.3) is 10.7 Å². The zero-order chi connectivity index (χ0) is 14.0. The summed E-state index contributed by atoms with van der Waals surface area (Å²) in [5, 5.41) is 14.3. The molecule has 0 aromatic heterocycles. The molecular formula is C16H22N2V. The standard InChI is InChI=1S/C14H16N2.C2H6.V/c1-4-12(13(5-2)16-3)14(15)11-9-7-6-8-10-11;1-2;/h4-10H,1-3H3;1-2H3;/q-2;;+2/b12-4+,13-5+;;. The summed E-state index contributed by atoms with van der Waals surface area (Å²) in [5.74, 6) is 0. The van der Waals surface area contributed by atoms with Crippen LogP contribution in [-0.2, 0) is 18.6 Å². The van der Waals surface area contributed by atoms with Crippen molar-refractivity contribution in [3.05, 3.63) is 70.0 Å². The van der Waals surface area contributed by atoms with E-state index in [0.717, 1.165) is 16.8 Å². The molecule has 0 aliphatic rings. The van der Waals surface area contributed by atoms with Crippen molar-refractivity contribution in [1.82, 2.24) is 0 Å². The third-order valence-corrected chi connectivity index (χ3v) is 2.38. The van der Waals surface area contributed by atoms with Crippen LogP contribution in [0, 0.1) is 0 Å². The smallest absolute Gasteiger partial charge is 0.803 e. The number of hydrogen-bond donors (Lipinski definition) is 0. The molecule has 0 saturated carbocycles. The fraction of sp³-hybridized carbons (Fsp3) is 0.312. The second kappa shape index (κ2) is 11.8. The molecule has 0 saturated heterocycles. The van der Waals surface area contributed by atoms with Crippen molar-refractivity contribution >= 4 is 5.71 Å². The number of benzene rings is 1. The minimum absolute atomic E-state index is 0. The minimum Gasteiger partial charge on any atom is -0.803 e. The van der Waals surface area contributed by atoms with E-state index in [2.05, 4.69) is 5.32 Å². The van der Waals surface area contributed by atoms with Crippen molar-refractivity contribution in [2.75, 3.05) is 7.05 Å². The Hall–Kier alpha value is -1.25. The fourth-order valence-electron chi connectivity index (χ4n) is 1.56. The quantitative estimate of drug-likeness (QED) is 0.558. The minimum atomic E-state index is 0. The van der Waals surface area contributed by atoms with Crippen LogP contribution in [-0.4, -0.2) is 12.8 Å². The van der Waals surface area contributed by atoms with Gasteiger partial charge in [-0.1, -0.05) is 55.8 Å². The van der Waals surface area contributed by atoms with Gasteiger partial charge >= 0.3 is 18.6 Å². The number of hydrogen-bond acceptors (Lipinski definition) is 0. The fourth-order valence-corrected chi connectivity index (χ4v) is 1.56. The van der Waals surface area contributed by atoms with Crippen LogP contribution < -0.4 is 0 Å². The molecule has 0 aliphatic carbocycles. The van der Waals surface area contributed by atoms with Crippen LogP contribution in [0.1, 0.15) is 33.3 Å². The zero-order valence-electron chi connectivity index (χ0n) is 12.4. The third-order valence-electron chi connectivity index (χ3n) is 2.38. The molecule has 0 fully saturated rings. The van der Waals surface area contributed by atoms with Gasteiger partial charge in [0.05, 0.1) is 0 Å². The average molecular weight is 293 g/mol. The summed E-state index contributed by atoms with van der Waals surface area (Å²) in [6, 6.07) is 9.48. The van der Waals surface area contributed by atoms with E-state index in [0.29, 0.717) is 0 Å². The third kappa shape index (κ3) is 5.95. The van der Waals surface area contributed by atoms with Crippen LogP contribution in [0.2, 0.25) is 0 Å². The van der Waals surface area contributed by atoms with Gasteiger partial charge in [0.2, 0.25) is 0 Å². The molecule has 3 heteroatoms. The molecule has 0 N–H and O–H groups in total. The van der Waals surface area contributed by atoms with Crippen molar-refractivity contribution in [3.63, 3.8) is 0 Å². The molecule has 0 amide bonds. The molecule has 101 valence electrons. The first-order valence-electron chi connectivity index (χ1n) is 6.29. The van der Waals surface area contributed by atoms with E-state index in [9.17, 15) is 5.41 Å². The Morgan fingerprint density at radius 3 is 1.95 bits per heavy atom. The van der Waals surface area contributed by atoms with Gasteiger partial charge in [-0.2, -0.15) is 0 Å². The van der Waals surface area contributed by atoms with Crippen LogP contribution in [0.15, 0.2) is 53.8 Å². The van der Waals surface area contributed by atoms with Gasteiger partial charge in [0.1, 0.15) is 0 Å². The molecule has 1 radical (unpaired) electrons. The molecular weight excluding hydrogens is 271 g/mol. The van der Waals surface area contributed by atoms with Crippen molar-refractivity contribution in [2.24, 2.45) is 0 Å². The molecule has 0 heterocycles. The summed E-state index contributed by atoms with van der Waals surface area (Å²) < 4.78 is 0. The maximum atomic E-state index is 10.2. The van der Waals surface area contributed by atoms with Crippen LogP contribution in [0.4, 0.5) is 0 Å². The average Bonchev–Trinajstić information content (AvgIpc) is 2.47. The largest absolute Gasteiger partial charge is 2.00 e. The maximum Gasteiger partial charge on any atom is 2.00 e. The number of allylic oxidation sites excluding steroid dienone is 3. The van der Waals surface area contributed by atoms with Crippen LogP contribution in [0.3, 0.4) is 0 Å². The molecule has 1 aromatic carbocycles. The van der Waals surface area contributed by atoms with Gasteiger partial charge in [0.25, 0.3) is 0 Å². The SMILES string of the molecule is C/C=C([N-]C)\C(=C/C)C(=[N-])c1ccccc1.CC.[V+2]. The first-order chi connectivity index (χ1) is 8.74. The number of likely N-dealkylation sites (N-methyl/N-ethyl adjacent to an activating group) is 1. The monoisotopic (exact) mass is 293 g/mol. The molecule has 0 spiro atoms. The molecule has 0 aliphatic heterocycles. The molecule has 2 nitrogen and oxygen atoms in total. The molecule has 0 bridgehead atoms. The van der Waals surface area contributed by atoms with Crippen LogP contribution >= 0.6 is 0 Å². The normalized spacial score (nSPS) is 10.8. The van der Waals surface area contributed by atoms with Gasteiger partial charge < -0.3 is 10.7 Å². The summed E-state index contributed by atoms with van der Waals surface area (Å²) in [7, 11) is 1.72. The van der Waals surface area contributed by atoms with Crippen molar-refractivity contribution in [1.29, 1.82) is 0 Å². The summed E-state index contributed by atoms with van der Waals surface area (Å²) in [4.78, 5) is 0. The summed E-state index contributed by atoms with van der Waals surface area (Å²) in [6.45, 7) is 7.80. The van der Waals surface area contributed by atoms with E-state index >= 15 is 0 Å². The van der Waals surface area contributed by atoms with Crippen molar-refractivity contribution in [3.8, 4) is 0 Å². The topological polar surface area (TPSA) is 36.4 Å². The Kier molecular flexibility index (Phi) is 12.5. The second-order valence-corrected chi connectivity index (χ2v) is 3.31. The first kappa shape index (κ1) is 20.1. The summed E-state index contributed by atoms with van der Waals surface area (Å²) in [6.07, 6.45) is 3.75. The van der Waals surface area contributed by atoms with Gasteiger partial charge in [-0.25, -0.2) is 0 Å². The van der Waals surface area contributed by atoms with Gasteiger partial charge in [-0.15, -0.1) is 24.5 Å². The Labute approximate surface area is 129 Å². The van der Waals surface area contributed by atoms with Crippen LogP contribution in [0.5, 0.6) is 0 Å². The molecule has 0 atom stereocenters. The van der Waals surface area contributed by atoms with E-state index in [4.69, 9.17) is 0 Å². The van der Waals surface area contributed by atoms with E-state index in [1.54, 1.807) is 7.05 Å². The second-order valence-electron chi connectivity index (χ2n) is 3.31. The van der Waals surface area contributed by atoms with E-state index < -0.39 is 0 Å². The summed E-state index contributed by atoms with van der Waals surface area (Å²) >= 11 is 0. The van der Waals surface area contributed by atoms with E-state index in [-0.39, 0.29) is 24.3 Å². The van der Waals surface area contributed by atoms with Crippen molar-refractivity contribution in [2.45, 2.75) is 27.7 Å². The predicted octanol–water partition coefficient (Wildman–Crippen LogP) is 4.92. The zero-order valence-corrected chi connectivity index (χ0v) is 13.8. The number of nitrogens with zero attached hydrogens (tertiary/aromatic N) is 2. The van der Waals surface area contributed by atoms with Gasteiger partial charge in [-0.05, 0) is 19.4 Å². The van der Waals surface area contributed by atoms with Crippen molar-refractivity contribution < 1.29 is 18.6 Å².